The fourth-order valence-corrected chi connectivity index (χ4v) is 1.71. The number of nitrogen functional groups attached to an aromatic ring is 1. The molecule has 0 atom stereocenters. The summed E-state index contributed by atoms with van der Waals surface area (Å²) in [5.74, 6) is 0. The predicted octanol–water partition coefficient (Wildman–Crippen LogP) is 2.86. The Hall–Kier alpha value is -0.710. The summed E-state index contributed by atoms with van der Waals surface area (Å²) in [6, 6.07) is 5.86. The van der Waals surface area contributed by atoms with Crippen molar-refractivity contribution in [2.24, 2.45) is 0 Å². The second kappa shape index (κ2) is 5.11. The van der Waals surface area contributed by atoms with Crippen molar-refractivity contribution >= 4 is 34.0 Å². The fraction of sp³-hybridized carbons (Fsp3) is 0.200. The van der Waals surface area contributed by atoms with Crippen molar-refractivity contribution in [3.63, 3.8) is 0 Å². The van der Waals surface area contributed by atoms with Crippen molar-refractivity contribution in [1.82, 2.24) is 0 Å². The smallest absolute Gasteiger partial charge is 0.0477 e. The van der Waals surface area contributed by atoms with Crippen molar-refractivity contribution in [2.75, 3.05) is 17.6 Å². The van der Waals surface area contributed by atoms with Gasteiger partial charge in [0.15, 0.2) is 0 Å². The summed E-state index contributed by atoms with van der Waals surface area (Å²) < 4.78 is 1.15. The Balaban J connectivity index is 2.61. The Morgan fingerprint density at radius 2 is 2.31 bits per heavy atom. The number of halogens is 1. The first kappa shape index (κ1) is 10.4. The van der Waals surface area contributed by atoms with E-state index in [4.69, 9.17) is 5.73 Å². The molecule has 0 unspecified atom stereocenters. The third-order valence-electron chi connectivity index (χ3n) is 1.66. The summed E-state index contributed by atoms with van der Waals surface area (Å²) in [4.78, 5) is 0. The highest BCUT2D eigenvalue weighted by atomic mass is 127. The van der Waals surface area contributed by atoms with Crippen molar-refractivity contribution in [1.29, 1.82) is 0 Å². The summed E-state index contributed by atoms with van der Waals surface area (Å²) in [5, 5.41) is 3.31. The molecule has 1 aromatic carbocycles. The van der Waals surface area contributed by atoms with E-state index in [2.05, 4.69) is 34.5 Å². The van der Waals surface area contributed by atoms with E-state index >= 15 is 0 Å². The molecule has 0 spiro atoms. The monoisotopic (exact) mass is 288 g/mol. The van der Waals surface area contributed by atoms with Gasteiger partial charge in [0.1, 0.15) is 0 Å². The van der Waals surface area contributed by atoms with Crippen LogP contribution >= 0.6 is 22.6 Å². The standard InChI is InChI=1S/C10H13IN2/c1-2-3-6-13-10-5-4-8(12)7-9(10)11/h2,4-5,7,13H,1,3,6,12H2. The van der Waals surface area contributed by atoms with Crippen LogP contribution in [0.1, 0.15) is 6.42 Å². The lowest BCUT2D eigenvalue weighted by Crippen LogP contribution is -2.02. The largest absolute Gasteiger partial charge is 0.399 e. The molecule has 1 aromatic rings. The van der Waals surface area contributed by atoms with Crippen LogP contribution in [0.3, 0.4) is 0 Å². The Bertz CT molecular complexity index is 297. The average molecular weight is 288 g/mol. The van der Waals surface area contributed by atoms with Crippen molar-refractivity contribution in [3.8, 4) is 0 Å². The molecule has 2 nitrogen and oxygen atoms in total. The van der Waals surface area contributed by atoms with Gasteiger partial charge in [-0.25, -0.2) is 0 Å². The second-order valence-electron chi connectivity index (χ2n) is 2.74. The molecule has 3 N–H and O–H groups in total. The fourth-order valence-electron chi connectivity index (χ4n) is 0.984. The van der Waals surface area contributed by atoms with Gasteiger partial charge in [-0.3, -0.25) is 0 Å². The molecule has 0 aliphatic rings. The van der Waals surface area contributed by atoms with E-state index < -0.39 is 0 Å². The van der Waals surface area contributed by atoms with Gasteiger partial charge in [-0.2, -0.15) is 0 Å². The number of nitrogens with one attached hydrogen (secondary N) is 1. The first-order valence-corrected chi connectivity index (χ1v) is 5.21. The summed E-state index contributed by atoms with van der Waals surface area (Å²) in [6.07, 6.45) is 2.87. The zero-order valence-corrected chi connectivity index (χ0v) is 9.54. The molecule has 3 heteroatoms. The van der Waals surface area contributed by atoms with E-state index in [1.807, 2.05) is 24.3 Å². The van der Waals surface area contributed by atoms with Crippen molar-refractivity contribution in [2.45, 2.75) is 6.42 Å². The molecule has 1 rings (SSSR count). The zero-order chi connectivity index (χ0) is 9.68. The van der Waals surface area contributed by atoms with Gasteiger partial charge in [-0.1, -0.05) is 6.08 Å². The molecule has 0 amide bonds. The van der Waals surface area contributed by atoms with Gasteiger partial charge in [0.05, 0.1) is 0 Å². The molecule has 0 aromatic heterocycles. The zero-order valence-electron chi connectivity index (χ0n) is 7.39. The molecule has 13 heavy (non-hydrogen) atoms. The summed E-state index contributed by atoms with van der Waals surface area (Å²) in [6.45, 7) is 4.59. The minimum Gasteiger partial charge on any atom is -0.399 e. The summed E-state index contributed by atoms with van der Waals surface area (Å²) in [7, 11) is 0. The van der Waals surface area contributed by atoms with Crippen LogP contribution < -0.4 is 11.1 Å². The van der Waals surface area contributed by atoms with Gasteiger partial charge in [0.25, 0.3) is 0 Å². The molecular weight excluding hydrogens is 275 g/mol. The van der Waals surface area contributed by atoms with Crippen LogP contribution in [0.5, 0.6) is 0 Å². The molecular formula is C10H13IN2. The van der Waals surface area contributed by atoms with Gasteiger partial charge in [0, 0.05) is 21.5 Å². The molecule has 0 bridgehead atoms. The van der Waals surface area contributed by atoms with Crippen LogP contribution in [0, 0.1) is 3.57 Å². The van der Waals surface area contributed by atoms with Gasteiger partial charge in [-0.15, -0.1) is 6.58 Å². The summed E-state index contributed by atoms with van der Waals surface area (Å²) >= 11 is 2.27. The molecule has 0 fully saturated rings. The van der Waals surface area contributed by atoms with Crippen LogP contribution in [0.2, 0.25) is 0 Å². The highest BCUT2D eigenvalue weighted by Gasteiger charge is 1.97. The first-order chi connectivity index (χ1) is 6.24. The molecule has 70 valence electrons. The number of hydrogen-bond acceptors (Lipinski definition) is 2. The van der Waals surface area contributed by atoms with Crippen LogP contribution in [-0.4, -0.2) is 6.54 Å². The van der Waals surface area contributed by atoms with E-state index in [0.717, 1.165) is 27.9 Å². The number of rotatable bonds is 4. The van der Waals surface area contributed by atoms with Crippen LogP contribution in [0.4, 0.5) is 11.4 Å². The topological polar surface area (TPSA) is 38.0 Å². The van der Waals surface area contributed by atoms with Gasteiger partial charge >= 0.3 is 0 Å². The Morgan fingerprint density at radius 3 is 2.92 bits per heavy atom. The third-order valence-corrected chi connectivity index (χ3v) is 2.55. The number of hydrogen-bond donors (Lipinski definition) is 2. The maximum atomic E-state index is 5.63. The first-order valence-electron chi connectivity index (χ1n) is 4.14. The quantitative estimate of drug-likeness (QED) is 0.387. The lowest BCUT2D eigenvalue weighted by atomic mass is 10.3. The van der Waals surface area contributed by atoms with E-state index in [1.165, 1.54) is 0 Å². The SMILES string of the molecule is C=CCCNc1ccc(N)cc1I. The van der Waals surface area contributed by atoms with Crippen molar-refractivity contribution < 1.29 is 0 Å². The van der Waals surface area contributed by atoms with E-state index in [9.17, 15) is 0 Å². The molecule has 0 aliphatic carbocycles. The normalized spacial score (nSPS) is 9.62. The van der Waals surface area contributed by atoms with Gasteiger partial charge in [-0.05, 0) is 47.2 Å². The maximum Gasteiger partial charge on any atom is 0.0477 e. The minimum atomic E-state index is 0.804. The maximum absolute atomic E-state index is 5.63. The third kappa shape index (κ3) is 3.26. The highest BCUT2D eigenvalue weighted by Crippen LogP contribution is 2.20. The number of anilines is 2. The summed E-state index contributed by atoms with van der Waals surface area (Å²) in [5.41, 5.74) is 7.57. The Morgan fingerprint density at radius 1 is 1.54 bits per heavy atom. The average Bonchev–Trinajstić information content (AvgIpc) is 2.09. The van der Waals surface area contributed by atoms with E-state index in [-0.39, 0.29) is 0 Å². The highest BCUT2D eigenvalue weighted by molar-refractivity contribution is 14.1. The lowest BCUT2D eigenvalue weighted by molar-refractivity contribution is 1.07. The second-order valence-corrected chi connectivity index (χ2v) is 3.91. The van der Waals surface area contributed by atoms with E-state index in [1.54, 1.807) is 0 Å². The number of benzene rings is 1. The van der Waals surface area contributed by atoms with Crippen LogP contribution in [-0.2, 0) is 0 Å². The van der Waals surface area contributed by atoms with E-state index in [0.29, 0.717) is 0 Å². The molecule has 0 radical (unpaired) electrons. The predicted molar refractivity (Wildman–Crippen MR) is 66.9 cm³/mol. The number of nitrogens with two attached hydrogens (primary N) is 1. The van der Waals surface area contributed by atoms with Crippen molar-refractivity contribution in [3.05, 3.63) is 34.4 Å². The molecule has 0 heterocycles. The Kier molecular flexibility index (Phi) is 4.08. The molecule has 0 saturated heterocycles. The Labute approximate surface area is 92.4 Å². The minimum absolute atomic E-state index is 0.804. The molecule has 0 saturated carbocycles. The van der Waals surface area contributed by atoms with Gasteiger partial charge < -0.3 is 11.1 Å². The van der Waals surface area contributed by atoms with Crippen LogP contribution in [0.25, 0.3) is 0 Å². The van der Waals surface area contributed by atoms with Crippen LogP contribution in [0.15, 0.2) is 30.9 Å². The van der Waals surface area contributed by atoms with Gasteiger partial charge in [0.2, 0.25) is 0 Å². The lowest BCUT2D eigenvalue weighted by Gasteiger charge is -2.07. The molecule has 0 aliphatic heterocycles.